The molecule has 5 rings (SSSR count). The zero-order chi connectivity index (χ0) is 33.6. The van der Waals surface area contributed by atoms with Gasteiger partial charge in [0.15, 0.2) is 11.6 Å². The summed E-state index contributed by atoms with van der Waals surface area (Å²) in [5.41, 5.74) is -6.59. The number of carbonyl (C=O) groups excluding carboxylic acids is 2. The van der Waals surface area contributed by atoms with Crippen LogP contribution in [0.1, 0.15) is 62.2 Å². The van der Waals surface area contributed by atoms with Crippen molar-refractivity contribution in [2.45, 2.75) is 74.4 Å². The summed E-state index contributed by atoms with van der Waals surface area (Å²) < 4.78 is 89.1. The molecule has 0 spiro atoms. The van der Waals surface area contributed by atoms with Crippen LogP contribution in [0.2, 0.25) is 0 Å². The average Bonchev–Trinajstić information content (AvgIpc) is 3.60. The number of carboxylic acid groups (broad SMARTS) is 1. The normalized spacial score (nSPS) is 27.6. The van der Waals surface area contributed by atoms with E-state index in [0.29, 0.717) is 38.5 Å². The Hall–Kier alpha value is -3.88. The smallest absolute Gasteiger partial charge is 0.496 e. The van der Waals surface area contributed by atoms with E-state index in [4.69, 9.17) is 9.47 Å². The number of benzene rings is 2. The number of carboxylic acids is 1. The first kappa shape index (κ1) is 33.5. The van der Waals surface area contributed by atoms with Gasteiger partial charge in [-0.1, -0.05) is 6.07 Å². The minimum absolute atomic E-state index is 0.0444. The molecule has 2 aromatic carbocycles. The van der Waals surface area contributed by atoms with Crippen LogP contribution < -0.4 is 20.1 Å². The first-order chi connectivity index (χ1) is 21.5. The molecule has 2 aromatic rings. The van der Waals surface area contributed by atoms with Gasteiger partial charge in [0.25, 0.3) is 15.7 Å². The first-order valence-electron chi connectivity index (χ1n) is 14.8. The number of aliphatic carboxylic acids is 1. The van der Waals surface area contributed by atoms with Gasteiger partial charge in [-0.15, -0.1) is 0 Å². The molecule has 0 unspecified atom stereocenters. The number of nitrogens with one attached hydrogen (secondary N) is 2. The predicted molar refractivity (Wildman–Crippen MR) is 155 cm³/mol. The van der Waals surface area contributed by atoms with Crippen LogP contribution in [0.15, 0.2) is 41.3 Å². The molecule has 2 amide bonds. The molecule has 0 aliphatic heterocycles. The molecule has 0 heterocycles. The Morgan fingerprint density at radius 2 is 1.67 bits per heavy atom. The molecule has 15 heteroatoms. The molecule has 3 aliphatic rings. The molecule has 250 valence electrons. The molecule has 10 nitrogen and oxygen atoms in total. The highest BCUT2D eigenvalue weighted by Crippen LogP contribution is 2.49. The van der Waals surface area contributed by atoms with E-state index in [2.05, 4.69) is 10.6 Å². The van der Waals surface area contributed by atoms with E-state index in [-0.39, 0.29) is 34.6 Å². The highest BCUT2D eigenvalue weighted by atomic mass is 32.2. The number of amides is 2. The van der Waals surface area contributed by atoms with Gasteiger partial charge in [0, 0.05) is 17.8 Å². The minimum Gasteiger partial charge on any atom is -0.496 e. The van der Waals surface area contributed by atoms with Crippen molar-refractivity contribution >= 4 is 33.3 Å². The molecule has 0 saturated heterocycles. The topological polar surface area (TPSA) is 148 Å². The van der Waals surface area contributed by atoms with E-state index in [1.54, 1.807) is 6.92 Å². The van der Waals surface area contributed by atoms with Gasteiger partial charge < -0.3 is 25.2 Å². The van der Waals surface area contributed by atoms with Crippen molar-refractivity contribution in [2.24, 2.45) is 23.2 Å². The molecule has 0 radical (unpaired) electrons. The van der Waals surface area contributed by atoms with Crippen LogP contribution >= 0.6 is 0 Å². The van der Waals surface area contributed by atoms with Gasteiger partial charge >= 0.3 is 11.5 Å². The van der Waals surface area contributed by atoms with Crippen LogP contribution in [0.4, 0.5) is 23.2 Å². The van der Waals surface area contributed by atoms with E-state index >= 15 is 4.39 Å². The number of ether oxygens (including phenoxy) is 2. The fourth-order valence-electron chi connectivity index (χ4n) is 6.92. The highest BCUT2D eigenvalue weighted by molar-refractivity contribution is 7.92. The van der Waals surface area contributed by atoms with Crippen molar-refractivity contribution in [3.8, 4) is 11.5 Å². The number of fused-ring (bicyclic) bond motifs is 2. The maximum absolute atomic E-state index is 15.0. The first-order valence-corrected chi connectivity index (χ1v) is 16.3. The quantitative estimate of drug-likeness (QED) is 0.304. The third kappa shape index (κ3) is 6.38. The Morgan fingerprint density at radius 1 is 1.00 bits per heavy atom. The van der Waals surface area contributed by atoms with Gasteiger partial charge in [-0.05, 0) is 88.0 Å². The molecular weight excluding hydrogens is 636 g/mol. The second kappa shape index (κ2) is 12.4. The summed E-state index contributed by atoms with van der Waals surface area (Å²) in [5, 5.41) is 14.9. The highest BCUT2D eigenvalue weighted by Gasteiger charge is 2.52. The lowest BCUT2D eigenvalue weighted by Gasteiger charge is -2.34. The second-order valence-electron chi connectivity index (χ2n) is 12.5. The lowest BCUT2D eigenvalue weighted by molar-refractivity contribution is -0.150. The third-order valence-electron chi connectivity index (χ3n) is 9.58. The van der Waals surface area contributed by atoms with Crippen molar-refractivity contribution in [2.75, 3.05) is 12.4 Å². The Balaban J connectivity index is 1.32. The van der Waals surface area contributed by atoms with Gasteiger partial charge in [0.1, 0.15) is 5.75 Å². The van der Waals surface area contributed by atoms with Crippen LogP contribution in [0.3, 0.4) is 0 Å². The Bertz CT molecular complexity index is 1640. The lowest BCUT2D eigenvalue weighted by Crippen LogP contribution is -2.48. The molecule has 0 aromatic heterocycles. The number of sulfone groups is 1. The van der Waals surface area contributed by atoms with Gasteiger partial charge in [-0.3, -0.25) is 14.4 Å². The molecule has 3 aliphatic carbocycles. The fourth-order valence-corrected chi connectivity index (χ4v) is 7.72. The summed E-state index contributed by atoms with van der Waals surface area (Å²) in [7, 11) is -4.37. The summed E-state index contributed by atoms with van der Waals surface area (Å²) >= 11 is 0. The number of methoxy groups -OCH3 is 1. The van der Waals surface area contributed by atoms with Crippen LogP contribution in [-0.2, 0) is 19.4 Å². The van der Waals surface area contributed by atoms with Crippen molar-refractivity contribution in [3.05, 3.63) is 47.8 Å². The van der Waals surface area contributed by atoms with Crippen molar-refractivity contribution in [1.29, 1.82) is 0 Å². The van der Waals surface area contributed by atoms with Crippen LogP contribution in [0.25, 0.3) is 0 Å². The number of carbonyl (C=O) groups is 3. The van der Waals surface area contributed by atoms with Crippen molar-refractivity contribution in [1.82, 2.24) is 5.32 Å². The monoisotopic (exact) mass is 670 g/mol. The molecule has 3 fully saturated rings. The molecule has 2 bridgehead atoms. The fraction of sp³-hybridized carbons (Fsp3) is 0.516. The van der Waals surface area contributed by atoms with E-state index < -0.39 is 67.3 Å². The lowest BCUT2D eigenvalue weighted by atomic mass is 9.75. The number of anilines is 1. The summed E-state index contributed by atoms with van der Waals surface area (Å²) in [6.45, 7) is 1.65. The van der Waals surface area contributed by atoms with E-state index in [0.717, 1.165) is 30.7 Å². The van der Waals surface area contributed by atoms with Crippen molar-refractivity contribution in [3.63, 3.8) is 0 Å². The summed E-state index contributed by atoms with van der Waals surface area (Å²) in [6.07, 6.45) is 3.02. The third-order valence-corrected chi connectivity index (χ3v) is 11.1. The van der Waals surface area contributed by atoms with Crippen LogP contribution in [0, 0.1) is 29.0 Å². The number of hydrogen-bond donors (Lipinski definition) is 3. The average molecular weight is 671 g/mol. The summed E-state index contributed by atoms with van der Waals surface area (Å²) in [4.78, 5) is 37.6. The molecule has 46 heavy (non-hydrogen) atoms. The maximum Gasteiger partial charge on any atom is 0.501 e. The standard InChI is InChI=1S/C31H34F4N2O8S/c1-30(29(40)41)10-8-19(9-11-30)45-24-14-21(23(44-2)15-22(24)32)27(38)37-26-17-7-6-16(12-17)25(26)28(39)36-18-4-3-5-20(13-18)46(42,43)31(33,34)35/h3-5,13-17,19,25-26H,6-12H2,1-2H3,(H,36,39)(H,37,38)(H,40,41)/t16-,17+,19?,25+,26-,30?/m1/s1. The zero-order valence-electron chi connectivity index (χ0n) is 25.0. The largest absolute Gasteiger partial charge is 0.501 e. The molecule has 4 atom stereocenters. The SMILES string of the molecule is COc1cc(F)c(OC2CCC(C)(C(=O)O)CC2)cc1C(=O)N[C@@H]1[C@H]2CC[C@H](C2)[C@@H]1C(=O)Nc1cccc(S(=O)(=O)C(F)(F)F)c1. The van der Waals surface area contributed by atoms with Crippen LogP contribution in [-0.4, -0.2) is 56.1 Å². The summed E-state index contributed by atoms with van der Waals surface area (Å²) in [6, 6.07) is 5.44. The van der Waals surface area contributed by atoms with E-state index in [1.165, 1.54) is 19.2 Å². The van der Waals surface area contributed by atoms with Gasteiger partial charge in [-0.2, -0.15) is 13.2 Å². The number of hydrogen-bond acceptors (Lipinski definition) is 7. The zero-order valence-corrected chi connectivity index (χ0v) is 25.8. The van der Waals surface area contributed by atoms with Crippen LogP contribution in [0.5, 0.6) is 11.5 Å². The number of alkyl halides is 3. The second-order valence-corrected chi connectivity index (χ2v) is 14.4. The number of rotatable bonds is 9. The molecular formula is C31H34F4N2O8S. The van der Waals surface area contributed by atoms with Gasteiger partial charge in [0.05, 0.1) is 35.0 Å². The van der Waals surface area contributed by atoms with E-state index in [9.17, 15) is 41.1 Å². The Kier molecular flexibility index (Phi) is 9.01. The number of halogens is 4. The minimum atomic E-state index is -5.63. The molecule has 3 saturated carbocycles. The Labute approximate surface area is 262 Å². The van der Waals surface area contributed by atoms with E-state index in [1.807, 2.05) is 0 Å². The van der Waals surface area contributed by atoms with Gasteiger partial charge in [0.2, 0.25) is 5.91 Å². The maximum atomic E-state index is 15.0. The summed E-state index contributed by atoms with van der Waals surface area (Å²) in [5.74, 6) is -4.16. The molecule has 3 N–H and O–H groups in total. The predicted octanol–water partition coefficient (Wildman–Crippen LogP) is 5.32. The Morgan fingerprint density at radius 3 is 2.30 bits per heavy atom. The van der Waals surface area contributed by atoms with Crippen molar-refractivity contribution < 1.29 is 54.9 Å². The van der Waals surface area contributed by atoms with Gasteiger partial charge in [-0.25, -0.2) is 12.8 Å².